The van der Waals surface area contributed by atoms with Crippen molar-refractivity contribution in [2.45, 2.75) is 39.7 Å². The molecule has 0 aliphatic carbocycles. The third kappa shape index (κ3) is 5.26. The van der Waals surface area contributed by atoms with Crippen LogP contribution in [-0.4, -0.2) is 13.0 Å². The van der Waals surface area contributed by atoms with Crippen molar-refractivity contribution in [2.24, 2.45) is 0 Å². The monoisotopic (exact) mass is 387 g/mol. The van der Waals surface area contributed by atoms with Crippen molar-refractivity contribution >= 4 is 5.91 Å². The topological polar surface area (TPSA) is 38.3 Å². The fourth-order valence-corrected chi connectivity index (χ4v) is 3.72. The lowest BCUT2D eigenvalue weighted by Crippen LogP contribution is -2.30. The predicted octanol–water partition coefficient (Wildman–Crippen LogP) is 5.46. The summed E-state index contributed by atoms with van der Waals surface area (Å²) in [5.41, 5.74) is 6.86. The average Bonchev–Trinajstić information content (AvgIpc) is 2.72. The molecule has 0 heterocycles. The highest BCUT2D eigenvalue weighted by atomic mass is 16.5. The first-order valence-corrected chi connectivity index (χ1v) is 10.0. The van der Waals surface area contributed by atoms with E-state index >= 15 is 0 Å². The lowest BCUT2D eigenvalue weighted by Gasteiger charge is -2.22. The fourth-order valence-electron chi connectivity index (χ4n) is 3.72. The number of ether oxygens (including phenoxy) is 1. The molecule has 150 valence electrons. The van der Waals surface area contributed by atoms with Crippen molar-refractivity contribution < 1.29 is 9.53 Å². The summed E-state index contributed by atoms with van der Waals surface area (Å²) >= 11 is 0. The van der Waals surface area contributed by atoms with Gasteiger partial charge in [-0.05, 0) is 61.1 Å². The van der Waals surface area contributed by atoms with Crippen molar-refractivity contribution in [1.82, 2.24) is 5.32 Å². The summed E-state index contributed by atoms with van der Waals surface area (Å²) in [7, 11) is 1.67. The summed E-state index contributed by atoms with van der Waals surface area (Å²) in [6, 6.07) is 22.5. The summed E-state index contributed by atoms with van der Waals surface area (Å²) in [6.45, 7) is 6.21. The van der Waals surface area contributed by atoms with Gasteiger partial charge in [-0.3, -0.25) is 4.79 Å². The molecule has 0 bridgehead atoms. The second-order valence-corrected chi connectivity index (χ2v) is 7.58. The van der Waals surface area contributed by atoms with Crippen LogP contribution in [0.1, 0.15) is 45.8 Å². The molecule has 0 aromatic heterocycles. The second-order valence-electron chi connectivity index (χ2n) is 7.58. The van der Waals surface area contributed by atoms with Gasteiger partial charge in [0.25, 0.3) is 0 Å². The molecule has 3 nitrogen and oxygen atoms in total. The van der Waals surface area contributed by atoms with Gasteiger partial charge in [-0.2, -0.15) is 0 Å². The number of aryl methyl sites for hydroxylation is 4. The van der Waals surface area contributed by atoms with Gasteiger partial charge in [0.2, 0.25) is 5.91 Å². The average molecular weight is 388 g/mol. The first kappa shape index (κ1) is 20.7. The van der Waals surface area contributed by atoms with E-state index in [1.54, 1.807) is 7.11 Å². The molecular formula is C26H29NO2. The molecular weight excluding hydrogens is 358 g/mol. The van der Waals surface area contributed by atoms with E-state index in [4.69, 9.17) is 4.74 Å². The first-order chi connectivity index (χ1) is 14.0. The number of rotatable bonds is 7. The van der Waals surface area contributed by atoms with Crippen molar-refractivity contribution in [2.75, 3.05) is 7.11 Å². The SMILES string of the molecule is COc1ccc(CCC(=O)N[C@@H](c2ccccc2)c2ccc(C)cc2C)cc1C. The minimum Gasteiger partial charge on any atom is -0.496 e. The first-order valence-electron chi connectivity index (χ1n) is 10.0. The number of carbonyl (C=O) groups excluding carboxylic acids is 1. The van der Waals surface area contributed by atoms with E-state index < -0.39 is 0 Å². The summed E-state index contributed by atoms with van der Waals surface area (Å²) in [5.74, 6) is 0.921. The van der Waals surface area contributed by atoms with Gasteiger partial charge in [-0.25, -0.2) is 0 Å². The van der Waals surface area contributed by atoms with E-state index in [2.05, 4.69) is 55.6 Å². The van der Waals surface area contributed by atoms with Crippen LogP contribution in [0.25, 0.3) is 0 Å². The quantitative estimate of drug-likeness (QED) is 0.585. The van der Waals surface area contributed by atoms with E-state index in [-0.39, 0.29) is 11.9 Å². The van der Waals surface area contributed by atoms with Gasteiger partial charge in [0.05, 0.1) is 13.2 Å². The summed E-state index contributed by atoms with van der Waals surface area (Å²) in [5, 5.41) is 3.25. The lowest BCUT2D eigenvalue weighted by molar-refractivity contribution is -0.121. The Bertz CT molecular complexity index is 979. The van der Waals surface area contributed by atoms with E-state index in [1.807, 2.05) is 37.3 Å². The molecule has 0 saturated heterocycles. The van der Waals surface area contributed by atoms with Crippen molar-refractivity contribution in [3.8, 4) is 5.75 Å². The zero-order valence-electron chi connectivity index (χ0n) is 17.7. The second kappa shape index (κ2) is 9.42. The normalized spacial score (nSPS) is 11.7. The smallest absolute Gasteiger partial charge is 0.221 e. The molecule has 3 aromatic carbocycles. The van der Waals surface area contributed by atoms with Gasteiger partial charge < -0.3 is 10.1 Å². The molecule has 29 heavy (non-hydrogen) atoms. The van der Waals surface area contributed by atoms with Gasteiger partial charge in [-0.15, -0.1) is 0 Å². The summed E-state index contributed by atoms with van der Waals surface area (Å²) in [6.07, 6.45) is 1.14. The maximum absolute atomic E-state index is 12.8. The minimum atomic E-state index is -0.151. The third-order valence-corrected chi connectivity index (χ3v) is 5.27. The summed E-state index contributed by atoms with van der Waals surface area (Å²) in [4.78, 5) is 12.8. The number of carbonyl (C=O) groups is 1. The number of hydrogen-bond acceptors (Lipinski definition) is 2. The molecule has 0 spiro atoms. The zero-order chi connectivity index (χ0) is 20.8. The molecule has 1 amide bonds. The van der Waals surface area contributed by atoms with Crippen molar-refractivity contribution in [3.63, 3.8) is 0 Å². The van der Waals surface area contributed by atoms with Gasteiger partial charge in [0, 0.05) is 6.42 Å². The van der Waals surface area contributed by atoms with Crippen molar-refractivity contribution in [3.05, 3.63) is 100 Å². The molecule has 1 N–H and O–H groups in total. The van der Waals surface area contributed by atoms with Crippen LogP contribution in [0, 0.1) is 20.8 Å². The minimum absolute atomic E-state index is 0.0484. The largest absolute Gasteiger partial charge is 0.496 e. The Morgan fingerprint density at radius 3 is 2.34 bits per heavy atom. The van der Waals surface area contributed by atoms with Crippen LogP contribution in [0.15, 0.2) is 66.7 Å². The van der Waals surface area contributed by atoms with Gasteiger partial charge in [-0.1, -0.05) is 66.2 Å². The molecule has 0 radical (unpaired) electrons. The highest BCUT2D eigenvalue weighted by Gasteiger charge is 2.18. The van der Waals surface area contributed by atoms with Crippen LogP contribution in [0.2, 0.25) is 0 Å². The van der Waals surface area contributed by atoms with E-state index in [0.717, 1.165) is 28.0 Å². The zero-order valence-corrected chi connectivity index (χ0v) is 17.7. The van der Waals surface area contributed by atoms with Crippen LogP contribution in [0.4, 0.5) is 0 Å². The highest BCUT2D eigenvalue weighted by molar-refractivity contribution is 5.77. The molecule has 3 aromatic rings. The molecule has 0 fully saturated rings. The molecule has 3 rings (SSSR count). The van der Waals surface area contributed by atoms with Crippen LogP contribution in [-0.2, 0) is 11.2 Å². The molecule has 0 aliphatic rings. The molecule has 0 unspecified atom stereocenters. The van der Waals surface area contributed by atoms with E-state index in [9.17, 15) is 4.79 Å². The number of amides is 1. The van der Waals surface area contributed by atoms with Crippen LogP contribution < -0.4 is 10.1 Å². The Morgan fingerprint density at radius 2 is 1.69 bits per heavy atom. The Balaban J connectivity index is 1.75. The van der Waals surface area contributed by atoms with Crippen molar-refractivity contribution in [1.29, 1.82) is 0 Å². The predicted molar refractivity (Wildman–Crippen MR) is 118 cm³/mol. The molecule has 0 aliphatic heterocycles. The number of hydrogen-bond donors (Lipinski definition) is 1. The Labute approximate surface area is 173 Å². The third-order valence-electron chi connectivity index (χ3n) is 5.27. The Morgan fingerprint density at radius 1 is 0.931 bits per heavy atom. The molecule has 3 heteroatoms. The van der Waals surface area contributed by atoms with Gasteiger partial charge in [0.1, 0.15) is 5.75 Å². The van der Waals surface area contributed by atoms with E-state index in [0.29, 0.717) is 12.8 Å². The lowest BCUT2D eigenvalue weighted by atomic mass is 9.93. The van der Waals surface area contributed by atoms with Crippen LogP contribution in [0.3, 0.4) is 0 Å². The molecule has 0 saturated carbocycles. The number of nitrogens with one attached hydrogen (secondary N) is 1. The Kier molecular flexibility index (Phi) is 6.71. The van der Waals surface area contributed by atoms with Crippen LogP contribution in [0.5, 0.6) is 5.75 Å². The van der Waals surface area contributed by atoms with Crippen LogP contribution >= 0.6 is 0 Å². The standard InChI is InChI=1S/C26H29NO2/c1-18-10-13-23(19(2)16-18)26(22-8-6-5-7-9-22)27-25(28)15-12-21-11-14-24(29-4)20(3)17-21/h5-11,13-14,16-17,26H,12,15H2,1-4H3,(H,27,28)/t26-/m0/s1. The fraction of sp³-hybridized carbons (Fsp3) is 0.269. The summed E-state index contributed by atoms with van der Waals surface area (Å²) < 4.78 is 5.32. The maximum Gasteiger partial charge on any atom is 0.221 e. The molecule has 1 atom stereocenters. The number of benzene rings is 3. The number of methoxy groups -OCH3 is 1. The van der Waals surface area contributed by atoms with E-state index in [1.165, 1.54) is 11.1 Å². The Hall–Kier alpha value is -3.07. The van der Waals surface area contributed by atoms with Gasteiger partial charge >= 0.3 is 0 Å². The highest BCUT2D eigenvalue weighted by Crippen LogP contribution is 2.26. The van der Waals surface area contributed by atoms with Gasteiger partial charge in [0.15, 0.2) is 0 Å². The maximum atomic E-state index is 12.8.